The zero-order valence-corrected chi connectivity index (χ0v) is 15.0. The Morgan fingerprint density at radius 3 is 2.48 bits per heavy atom. The Morgan fingerprint density at radius 2 is 1.90 bits per heavy atom. The van der Waals surface area contributed by atoms with E-state index in [0.717, 1.165) is 26.6 Å². The molecule has 0 aliphatic heterocycles. The number of benzene rings is 1. The highest BCUT2D eigenvalue weighted by Gasteiger charge is 2.27. The van der Waals surface area contributed by atoms with Gasteiger partial charge in [-0.25, -0.2) is 0 Å². The summed E-state index contributed by atoms with van der Waals surface area (Å²) < 4.78 is 42.8. The lowest BCUT2D eigenvalue weighted by atomic mass is 10.0. The summed E-state index contributed by atoms with van der Waals surface area (Å²) in [5.74, 6) is 0. The first kappa shape index (κ1) is 18.9. The van der Waals surface area contributed by atoms with Crippen molar-refractivity contribution in [2.45, 2.75) is 32.5 Å². The maximum absolute atomic E-state index is 12.1. The molecule has 0 fully saturated rings. The quantitative estimate of drug-likeness (QED) is 0.602. The number of nitrogens with one attached hydrogen (secondary N) is 1. The van der Waals surface area contributed by atoms with Gasteiger partial charge in [0.2, 0.25) is 0 Å². The Labute approximate surface area is 139 Å². The van der Waals surface area contributed by atoms with Crippen molar-refractivity contribution in [3.63, 3.8) is 0 Å². The smallest absolute Gasteiger partial charge is 0.372 e. The second-order valence-electron chi connectivity index (χ2n) is 4.69. The van der Waals surface area contributed by atoms with Crippen molar-refractivity contribution in [1.82, 2.24) is 5.32 Å². The zero-order chi connectivity index (χ0) is 16.0. The van der Waals surface area contributed by atoms with Gasteiger partial charge in [0.1, 0.15) is 6.61 Å². The number of rotatable bonds is 7. The number of ether oxygens (including phenoxy) is 1. The van der Waals surface area contributed by atoms with Crippen molar-refractivity contribution in [1.29, 1.82) is 0 Å². The lowest BCUT2D eigenvalue weighted by molar-refractivity contribution is -0.174. The van der Waals surface area contributed by atoms with E-state index in [1.54, 1.807) is 0 Å². The molecule has 1 aromatic carbocycles. The van der Waals surface area contributed by atoms with E-state index in [2.05, 4.69) is 37.2 Å². The van der Waals surface area contributed by atoms with Gasteiger partial charge in [0.15, 0.2) is 0 Å². The average Bonchev–Trinajstić information content (AvgIpc) is 2.36. The van der Waals surface area contributed by atoms with Crippen LogP contribution in [0.15, 0.2) is 21.1 Å². The van der Waals surface area contributed by atoms with E-state index in [1.165, 1.54) is 0 Å². The van der Waals surface area contributed by atoms with Crippen LogP contribution in [0.3, 0.4) is 0 Å². The molecule has 0 aromatic heterocycles. The summed E-state index contributed by atoms with van der Waals surface area (Å²) in [5.41, 5.74) is 2.10. The average molecular weight is 433 g/mol. The summed E-state index contributed by atoms with van der Waals surface area (Å²) >= 11 is 6.99. The fourth-order valence-corrected chi connectivity index (χ4v) is 3.03. The molecule has 0 radical (unpaired) electrons. The van der Waals surface area contributed by atoms with E-state index >= 15 is 0 Å². The fraction of sp³-hybridized carbons (Fsp3) is 0.571. The van der Waals surface area contributed by atoms with Gasteiger partial charge in [0.05, 0.1) is 0 Å². The molecule has 0 bridgehead atoms. The van der Waals surface area contributed by atoms with E-state index in [1.807, 2.05) is 26.0 Å². The van der Waals surface area contributed by atoms with Crippen molar-refractivity contribution < 1.29 is 17.9 Å². The fourth-order valence-electron chi connectivity index (χ4n) is 1.93. The molecule has 0 amide bonds. The predicted octanol–water partition coefficient (Wildman–Crippen LogP) is 5.14. The second kappa shape index (κ2) is 8.50. The van der Waals surface area contributed by atoms with Crippen LogP contribution in [0.1, 0.15) is 30.5 Å². The zero-order valence-electron chi connectivity index (χ0n) is 11.9. The van der Waals surface area contributed by atoms with Crippen molar-refractivity contribution in [2.75, 3.05) is 19.8 Å². The number of halogens is 5. The molecule has 0 aliphatic carbocycles. The number of hydrogen-bond acceptors (Lipinski definition) is 2. The van der Waals surface area contributed by atoms with Crippen LogP contribution < -0.4 is 5.32 Å². The van der Waals surface area contributed by atoms with Crippen molar-refractivity contribution in [3.8, 4) is 0 Å². The van der Waals surface area contributed by atoms with E-state index in [9.17, 15) is 13.2 Å². The van der Waals surface area contributed by atoms with Gasteiger partial charge in [0, 0.05) is 21.6 Å². The first-order valence-electron chi connectivity index (χ1n) is 6.58. The molecule has 0 spiro atoms. The van der Waals surface area contributed by atoms with Crippen LogP contribution in [-0.2, 0) is 4.74 Å². The van der Waals surface area contributed by atoms with E-state index < -0.39 is 12.8 Å². The Morgan fingerprint density at radius 1 is 1.24 bits per heavy atom. The summed E-state index contributed by atoms with van der Waals surface area (Å²) in [6, 6.07) is 3.91. The van der Waals surface area contributed by atoms with Crippen LogP contribution in [0.2, 0.25) is 0 Å². The van der Waals surface area contributed by atoms with Gasteiger partial charge < -0.3 is 10.1 Å². The SMILES string of the molecule is CCNC(CCOCC(F)(F)F)c1cc(Br)c(C)cc1Br. The minimum absolute atomic E-state index is 0.0507. The molecule has 0 saturated heterocycles. The Kier molecular flexibility index (Phi) is 7.67. The summed E-state index contributed by atoms with van der Waals surface area (Å²) in [7, 11) is 0. The first-order valence-corrected chi connectivity index (χ1v) is 8.16. The van der Waals surface area contributed by atoms with Crippen LogP contribution in [0.5, 0.6) is 0 Å². The van der Waals surface area contributed by atoms with Crippen LogP contribution in [0, 0.1) is 6.92 Å². The third-order valence-electron chi connectivity index (χ3n) is 2.92. The second-order valence-corrected chi connectivity index (χ2v) is 6.40. The van der Waals surface area contributed by atoms with Crippen LogP contribution in [0.4, 0.5) is 13.2 Å². The molecular weight excluding hydrogens is 415 g/mol. The predicted molar refractivity (Wildman–Crippen MR) is 84.5 cm³/mol. The molecule has 7 heteroatoms. The number of alkyl halides is 3. The van der Waals surface area contributed by atoms with E-state index in [-0.39, 0.29) is 12.6 Å². The Bertz CT molecular complexity index is 466. The summed E-state index contributed by atoms with van der Waals surface area (Å²) in [5, 5.41) is 3.27. The summed E-state index contributed by atoms with van der Waals surface area (Å²) in [6.07, 6.45) is -3.81. The summed E-state index contributed by atoms with van der Waals surface area (Å²) in [4.78, 5) is 0. The van der Waals surface area contributed by atoms with Crippen LogP contribution in [0.25, 0.3) is 0 Å². The Balaban J connectivity index is 2.71. The van der Waals surface area contributed by atoms with Crippen LogP contribution in [-0.4, -0.2) is 25.9 Å². The molecule has 1 aromatic rings. The summed E-state index contributed by atoms with van der Waals surface area (Å²) in [6.45, 7) is 3.51. The number of hydrogen-bond donors (Lipinski definition) is 1. The minimum Gasteiger partial charge on any atom is -0.372 e. The minimum atomic E-state index is -4.28. The van der Waals surface area contributed by atoms with E-state index in [4.69, 9.17) is 4.74 Å². The van der Waals surface area contributed by atoms with Gasteiger partial charge in [-0.2, -0.15) is 13.2 Å². The topological polar surface area (TPSA) is 21.3 Å². The number of aryl methyl sites for hydroxylation is 1. The van der Waals surface area contributed by atoms with E-state index in [0.29, 0.717) is 6.42 Å². The molecule has 1 atom stereocenters. The molecular formula is C14H18Br2F3NO. The molecule has 21 heavy (non-hydrogen) atoms. The molecule has 0 aliphatic rings. The molecule has 1 rings (SSSR count). The van der Waals surface area contributed by atoms with Crippen molar-refractivity contribution in [2.24, 2.45) is 0 Å². The molecule has 0 saturated carbocycles. The molecule has 1 unspecified atom stereocenters. The third-order valence-corrected chi connectivity index (χ3v) is 4.46. The van der Waals surface area contributed by atoms with Crippen LogP contribution >= 0.6 is 31.9 Å². The van der Waals surface area contributed by atoms with Gasteiger partial charge in [0.25, 0.3) is 0 Å². The Hall–Kier alpha value is -0.110. The maximum atomic E-state index is 12.1. The lowest BCUT2D eigenvalue weighted by Crippen LogP contribution is -2.24. The van der Waals surface area contributed by atoms with Crippen molar-refractivity contribution in [3.05, 3.63) is 32.2 Å². The molecule has 0 heterocycles. The van der Waals surface area contributed by atoms with Gasteiger partial charge in [-0.05, 0) is 43.1 Å². The largest absolute Gasteiger partial charge is 0.411 e. The molecule has 120 valence electrons. The van der Waals surface area contributed by atoms with Gasteiger partial charge in [-0.1, -0.05) is 38.8 Å². The van der Waals surface area contributed by atoms with Gasteiger partial charge in [-0.3, -0.25) is 0 Å². The monoisotopic (exact) mass is 431 g/mol. The lowest BCUT2D eigenvalue weighted by Gasteiger charge is -2.21. The highest BCUT2D eigenvalue weighted by Crippen LogP contribution is 2.31. The normalized spacial score (nSPS) is 13.5. The molecule has 2 nitrogen and oxygen atoms in total. The highest BCUT2D eigenvalue weighted by molar-refractivity contribution is 9.11. The molecule has 1 N–H and O–H groups in total. The standard InChI is InChI=1S/C14H18Br2F3NO/c1-3-20-13(4-5-21-8-14(17,18)19)10-7-11(15)9(2)6-12(10)16/h6-7,13,20H,3-5,8H2,1-2H3. The maximum Gasteiger partial charge on any atom is 0.411 e. The van der Waals surface area contributed by atoms with Gasteiger partial charge >= 0.3 is 6.18 Å². The third kappa shape index (κ3) is 6.67. The first-order chi connectivity index (χ1) is 9.74. The van der Waals surface area contributed by atoms with Gasteiger partial charge in [-0.15, -0.1) is 0 Å². The highest BCUT2D eigenvalue weighted by atomic mass is 79.9. The van der Waals surface area contributed by atoms with Crippen molar-refractivity contribution >= 4 is 31.9 Å².